The van der Waals surface area contributed by atoms with Crippen molar-refractivity contribution in [2.24, 2.45) is 0 Å². The molecule has 2 aromatic rings. The molecule has 0 unspecified atom stereocenters. The van der Waals surface area contributed by atoms with Crippen molar-refractivity contribution in [1.82, 2.24) is 4.90 Å². The zero-order valence-corrected chi connectivity index (χ0v) is 13.2. The quantitative estimate of drug-likeness (QED) is 0.753. The molecular formula is C14H16BrNO2S. The summed E-state index contributed by atoms with van der Waals surface area (Å²) in [4.78, 5) is 14.4. The van der Waals surface area contributed by atoms with Gasteiger partial charge in [0.05, 0.1) is 12.2 Å². The maximum atomic E-state index is 12.6. The van der Waals surface area contributed by atoms with Gasteiger partial charge in [-0.2, -0.15) is 0 Å². The molecule has 0 radical (unpaired) electrons. The zero-order valence-electron chi connectivity index (χ0n) is 10.8. The summed E-state index contributed by atoms with van der Waals surface area (Å²) in [5.41, 5.74) is 0.789. The molecule has 2 rings (SSSR count). The molecule has 1 aromatic carbocycles. The van der Waals surface area contributed by atoms with Crippen molar-refractivity contribution < 1.29 is 9.53 Å². The fourth-order valence-electron chi connectivity index (χ4n) is 1.93. The Morgan fingerprint density at radius 2 is 2.16 bits per heavy atom. The second-order valence-electron chi connectivity index (χ2n) is 4.12. The molecule has 0 N–H and O–H groups in total. The number of ether oxygens (including phenoxy) is 1. The van der Waals surface area contributed by atoms with Crippen molar-refractivity contribution in [2.75, 3.05) is 32.1 Å². The van der Waals surface area contributed by atoms with Gasteiger partial charge < -0.3 is 9.64 Å². The van der Waals surface area contributed by atoms with Crippen LogP contribution >= 0.6 is 27.3 Å². The Balaban J connectivity index is 2.25. The van der Waals surface area contributed by atoms with E-state index in [0.717, 1.165) is 21.0 Å². The van der Waals surface area contributed by atoms with Crippen molar-refractivity contribution in [1.29, 1.82) is 0 Å². The molecule has 1 heterocycles. The van der Waals surface area contributed by atoms with Crippen LogP contribution in [0.25, 0.3) is 10.1 Å². The van der Waals surface area contributed by atoms with Gasteiger partial charge >= 0.3 is 0 Å². The van der Waals surface area contributed by atoms with Gasteiger partial charge in [-0.3, -0.25) is 4.79 Å². The molecule has 5 heteroatoms. The lowest BCUT2D eigenvalue weighted by atomic mass is 10.1. The minimum atomic E-state index is 0.0777. The first-order chi connectivity index (χ1) is 9.27. The van der Waals surface area contributed by atoms with Crippen molar-refractivity contribution in [3.05, 3.63) is 35.2 Å². The molecule has 0 saturated heterocycles. The number of thiophene rings is 1. The van der Waals surface area contributed by atoms with Crippen molar-refractivity contribution in [3.8, 4) is 0 Å². The third kappa shape index (κ3) is 3.35. The van der Waals surface area contributed by atoms with Gasteiger partial charge in [0.2, 0.25) is 0 Å². The van der Waals surface area contributed by atoms with E-state index in [2.05, 4.69) is 15.9 Å². The molecule has 0 atom stereocenters. The highest BCUT2D eigenvalue weighted by molar-refractivity contribution is 9.09. The summed E-state index contributed by atoms with van der Waals surface area (Å²) in [6.45, 7) is 1.86. The number of alkyl halides is 1. The number of methoxy groups -OCH3 is 1. The summed E-state index contributed by atoms with van der Waals surface area (Å²) in [6, 6.07) is 8.01. The molecule has 0 aliphatic rings. The summed E-state index contributed by atoms with van der Waals surface area (Å²) < 4.78 is 6.22. The van der Waals surface area contributed by atoms with Gasteiger partial charge in [-0.25, -0.2) is 0 Å². The molecule has 0 spiro atoms. The predicted octanol–water partition coefficient (Wildman–Crippen LogP) is 3.38. The molecule has 1 amide bonds. The first kappa shape index (κ1) is 14.5. The number of carbonyl (C=O) groups excluding carboxylic acids is 1. The molecule has 3 nitrogen and oxygen atoms in total. The predicted molar refractivity (Wildman–Crippen MR) is 83.4 cm³/mol. The highest BCUT2D eigenvalue weighted by atomic mass is 79.9. The molecule has 0 aliphatic heterocycles. The standard InChI is InChI=1S/C14H16BrNO2S/c1-18-9-8-16(7-6-15)14(17)12-10-19-13-5-3-2-4-11(12)13/h2-5,10H,6-9H2,1H3. The normalized spacial score (nSPS) is 10.8. The minimum absolute atomic E-state index is 0.0777. The number of amides is 1. The molecule has 1 aromatic heterocycles. The van der Waals surface area contributed by atoms with Crippen LogP contribution in [-0.4, -0.2) is 42.9 Å². The fourth-order valence-corrected chi connectivity index (χ4v) is 3.29. The van der Waals surface area contributed by atoms with Gasteiger partial charge in [0, 0.05) is 41.0 Å². The molecule has 102 valence electrons. The Kier molecular flexibility index (Phi) is 5.36. The van der Waals surface area contributed by atoms with Gasteiger partial charge in [-0.1, -0.05) is 34.1 Å². The summed E-state index contributed by atoms with van der Waals surface area (Å²) in [5, 5.41) is 3.75. The largest absolute Gasteiger partial charge is 0.383 e. The molecule has 19 heavy (non-hydrogen) atoms. The second-order valence-corrected chi connectivity index (χ2v) is 5.82. The van der Waals surface area contributed by atoms with E-state index in [1.807, 2.05) is 34.5 Å². The van der Waals surface area contributed by atoms with Crippen LogP contribution in [0.15, 0.2) is 29.6 Å². The molecule has 0 saturated carbocycles. The third-order valence-electron chi connectivity index (χ3n) is 2.92. The van der Waals surface area contributed by atoms with Crippen LogP contribution < -0.4 is 0 Å². The number of rotatable bonds is 6. The maximum Gasteiger partial charge on any atom is 0.255 e. The van der Waals surface area contributed by atoms with Crippen molar-refractivity contribution in [2.45, 2.75) is 0 Å². The van der Waals surface area contributed by atoms with E-state index in [4.69, 9.17) is 4.74 Å². The van der Waals surface area contributed by atoms with Crippen LogP contribution in [0.4, 0.5) is 0 Å². The number of hydrogen-bond acceptors (Lipinski definition) is 3. The zero-order chi connectivity index (χ0) is 13.7. The first-order valence-corrected chi connectivity index (χ1v) is 8.08. The van der Waals surface area contributed by atoms with Gasteiger partial charge in [0.1, 0.15) is 0 Å². The average molecular weight is 342 g/mol. The number of benzene rings is 1. The smallest absolute Gasteiger partial charge is 0.255 e. The number of nitrogens with zero attached hydrogens (tertiary/aromatic N) is 1. The van der Waals surface area contributed by atoms with Crippen LogP contribution in [0.3, 0.4) is 0 Å². The third-order valence-corrected chi connectivity index (χ3v) is 4.24. The lowest BCUT2D eigenvalue weighted by molar-refractivity contribution is 0.0711. The van der Waals surface area contributed by atoms with Crippen LogP contribution in [-0.2, 0) is 4.74 Å². The van der Waals surface area contributed by atoms with E-state index in [-0.39, 0.29) is 5.91 Å². The summed E-state index contributed by atoms with van der Waals surface area (Å²) >= 11 is 5.00. The average Bonchev–Trinajstić information content (AvgIpc) is 2.86. The maximum absolute atomic E-state index is 12.6. The highest BCUT2D eigenvalue weighted by Crippen LogP contribution is 2.26. The first-order valence-electron chi connectivity index (χ1n) is 6.08. The van der Waals surface area contributed by atoms with E-state index in [9.17, 15) is 4.79 Å². The van der Waals surface area contributed by atoms with Gasteiger partial charge in [-0.05, 0) is 6.07 Å². The Bertz CT molecular complexity index is 555. The van der Waals surface area contributed by atoms with Gasteiger partial charge in [-0.15, -0.1) is 11.3 Å². The Labute approximate surface area is 125 Å². The molecule has 0 bridgehead atoms. The van der Waals surface area contributed by atoms with Crippen molar-refractivity contribution >= 4 is 43.3 Å². The summed E-state index contributed by atoms with van der Waals surface area (Å²) in [7, 11) is 1.65. The number of carbonyl (C=O) groups is 1. The SMILES string of the molecule is COCCN(CCBr)C(=O)c1csc2ccccc12. The monoisotopic (exact) mass is 341 g/mol. The van der Waals surface area contributed by atoms with Crippen LogP contribution in [0.2, 0.25) is 0 Å². The van der Waals surface area contributed by atoms with E-state index >= 15 is 0 Å². The molecule has 0 aliphatic carbocycles. The number of fused-ring (bicyclic) bond motifs is 1. The van der Waals surface area contributed by atoms with Crippen LogP contribution in [0.1, 0.15) is 10.4 Å². The lowest BCUT2D eigenvalue weighted by Crippen LogP contribution is -2.35. The van der Waals surface area contributed by atoms with Crippen LogP contribution in [0.5, 0.6) is 0 Å². The second kappa shape index (κ2) is 7.03. The highest BCUT2D eigenvalue weighted by Gasteiger charge is 2.18. The van der Waals surface area contributed by atoms with E-state index < -0.39 is 0 Å². The lowest BCUT2D eigenvalue weighted by Gasteiger charge is -2.21. The number of halogens is 1. The molecular weight excluding hydrogens is 326 g/mol. The summed E-state index contributed by atoms with van der Waals surface area (Å²) in [6.07, 6.45) is 0. The Morgan fingerprint density at radius 3 is 2.89 bits per heavy atom. The molecule has 0 fully saturated rings. The van der Waals surface area contributed by atoms with E-state index in [1.165, 1.54) is 0 Å². The fraction of sp³-hybridized carbons (Fsp3) is 0.357. The van der Waals surface area contributed by atoms with Gasteiger partial charge in [0.25, 0.3) is 5.91 Å². The summed E-state index contributed by atoms with van der Waals surface area (Å²) in [5.74, 6) is 0.0777. The topological polar surface area (TPSA) is 29.5 Å². The Hall–Kier alpha value is -0.910. The van der Waals surface area contributed by atoms with Gasteiger partial charge in [0.15, 0.2) is 0 Å². The number of hydrogen-bond donors (Lipinski definition) is 0. The Morgan fingerprint density at radius 1 is 1.37 bits per heavy atom. The van der Waals surface area contributed by atoms with E-state index in [0.29, 0.717) is 19.7 Å². The van der Waals surface area contributed by atoms with Crippen molar-refractivity contribution in [3.63, 3.8) is 0 Å². The van der Waals surface area contributed by atoms with E-state index in [1.54, 1.807) is 18.4 Å². The van der Waals surface area contributed by atoms with Crippen LogP contribution in [0, 0.1) is 0 Å². The minimum Gasteiger partial charge on any atom is -0.383 e.